The summed E-state index contributed by atoms with van der Waals surface area (Å²) in [5.41, 5.74) is 2.61. The van der Waals surface area contributed by atoms with Crippen LogP contribution in [-0.2, 0) is 0 Å². The lowest BCUT2D eigenvalue weighted by molar-refractivity contribution is 0.0736. The summed E-state index contributed by atoms with van der Waals surface area (Å²) in [6.45, 7) is 0. The van der Waals surface area contributed by atoms with E-state index in [1.807, 2.05) is 30.3 Å². The van der Waals surface area contributed by atoms with Crippen molar-refractivity contribution >= 4 is 28.8 Å². The van der Waals surface area contributed by atoms with E-state index in [4.69, 9.17) is 23.4 Å². The molecule has 0 N–H and O–H groups in total. The fourth-order valence-corrected chi connectivity index (χ4v) is 4.31. The first-order valence-corrected chi connectivity index (χ1v) is 12.4. The first-order valence-electron chi connectivity index (χ1n) is 12.4. The number of carbonyl (C=O) groups is 2. The second-order valence-corrected chi connectivity index (χ2v) is 8.76. The van der Waals surface area contributed by atoms with Crippen molar-refractivity contribution in [1.82, 2.24) is 0 Å². The van der Waals surface area contributed by atoms with Crippen molar-refractivity contribution in [2.75, 3.05) is 21.3 Å². The number of methoxy groups -OCH3 is 3. The molecule has 5 rings (SSSR count). The predicted octanol–water partition coefficient (Wildman–Crippen LogP) is 7.24. The third kappa shape index (κ3) is 5.44. The van der Waals surface area contributed by atoms with Gasteiger partial charge >= 0.3 is 5.97 Å². The van der Waals surface area contributed by atoms with Crippen molar-refractivity contribution in [2.24, 2.45) is 0 Å². The molecule has 0 saturated heterocycles. The molecule has 0 fully saturated rings. The minimum absolute atomic E-state index is 0.260. The maximum atomic E-state index is 13.6. The van der Waals surface area contributed by atoms with E-state index in [2.05, 4.69) is 0 Å². The van der Waals surface area contributed by atoms with Gasteiger partial charge in [0.05, 0.1) is 26.9 Å². The molecule has 7 nitrogen and oxygen atoms in total. The Labute approximate surface area is 231 Å². The van der Waals surface area contributed by atoms with Gasteiger partial charge in [0.2, 0.25) is 0 Å². The Morgan fingerprint density at radius 1 is 0.725 bits per heavy atom. The standard InChI is InChI=1S/C33H26O7/c1-36-23-13-16-29(38-3)26(19-23)28(34)15-12-21-8-7-11-25(18-21)39-33(35)31-27-20-24(37-2)14-17-30(27)40-32(31)22-9-5-4-6-10-22/h4-20H,1-3H3. The van der Waals surface area contributed by atoms with Crippen LogP contribution in [0.5, 0.6) is 23.0 Å². The first kappa shape index (κ1) is 26.3. The minimum atomic E-state index is -0.579. The third-order valence-electron chi connectivity index (χ3n) is 6.30. The highest BCUT2D eigenvalue weighted by molar-refractivity contribution is 6.10. The zero-order chi connectivity index (χ0) is 28.1. The van der Waals surface area contributed by atoms with Crippen molar-refractivity contribution in [2.45, 2.75) is 0 Å². The van der Waals surface area contributed by atoms with Gasteiger partial charge < -0.3 is 23.4 Å². The molecule has 1 aromatic heterocycles. The van der Waals surface area contributed by atoms with Gasteiger partial charge in [0.25, 0.3) is 0 Å². The number of allylic oxidation sites excluding steroid dienone is 1. The molecule has 4 aromatic carbocycles. The summed E-state index contributed by atoms with van der Waals surface area (Å²) in [4.78, 5) is 26.5. The number of benzene rings is 4. The molecule has 0 bridgehead atoms. The molecular formula is C33H26O7. The Bertz CT molecular complexity index is 1710. The zero-order valence-corrected chi connectivity index (χ0v) is 22.2. The van der Waals surface area contributed by atoms with Crippen molar-refractivity contribution in [1.29, 1.82) is 0 Å². The summed E-state index contributed by atoms with van der Waals surface area (Å²) in [5.74, 6) is 1.46. The second-order valence-electron chi connectivity index (χ2n) is 8.76. The van der Waals surface area contributed by atoms with Crippen molar-refractivity contribution < 1.29 is 33.0 Å². The summed E-state index contributed by atoms with van der Waals surface area (Å²) in [5, 5.41) is 0.581. The van der Waals surface area contributed by atoms with Crippen LogP contribution in [0.4, 0.5) is 0 Å². The molecule has 200 valence electrons. The predicted molar refractivity (Wildman–Crippen MR) is 153 cm³/mol. The fraction of sp³-hybridized carbons (Fsp3) is 0.0909. The molecule has 0 aliphatic rings. The number of hydrogen-bond acceptors (Lipinski definition) is 7. The topological polar surface area (TPSA) is 84.2 Å². The van der Waals surface area contributed by atoms with E-state index >= 15 is 0 Å². The largest absolute Gasteiger partial charge is 0.497 e. The Kier molecular flexibility index (Phi) is 7.64. The van der Waals surface area contributed by atoms with Gasteiger partial charge in [-0.2, -0.15) is 0 Å². The number of fused-ring (bicyclic) bond motifs is 1. The van der Waals surface area contributed by atoms with Crippen LogP contribution in [-0.4, -0.2) is 33.1 Å². The fourth-order valence-electron chi connectivity index (χ4n) is 4.31. The molecule has 0 amide bonds. The van der Waals surface area contributed by atoms with E-state index in [0.29, 0.717) is 56.4 Å². The third-order valence-corrected chi connectivity index (χ3v) is 6.30. The van der Waals surface area contributed by atoms with E-state index in [9.17, 15) is 9.59 Å². The van der Waals surface area contributed by atoms with Crippen LogP contribution in [0, 0.1) is 0 Å². The van der Waals surface area contributed by atoms with Gasteiger partial charge in [-0.25, -0.2) is 4.79 Å². The number of furan rings is 1. The van der Waals surface area contributed by atoms with Gasteiger partial charge in [0, 0.05) is 10.9 Å². The molecule has 0 aliphatic carbocycles. The molecule has 40 heavy (non-hydrogen) atoms. The molecule has 0 aliphatic heterocycles. The SMILES string of the molecule is COc1ccc(OC)c(C(=O)C=Cc2cccc(OC(=O)c3c(-c4ccccc4)oc4ccc(OC)cc34)c2)c1. The Morgan fingerprint density at radius 2 is 1.48 bits per heavy atom. The smallest absolute Gasteiger partial charge is 0.348 e. The lowest BCUT2D eigenvalue weighted by atomic mass is 10.1. The Morgan fingerprint density at radius 3 is 2.23 bits per heavy atom. The van der Waals surface area contributed by atoms with Crippen molar-refractivity contribution in [3.8, 4) is 34.3 Å². The first-order chi connectivity index (χ1) is 19.5. The summed E-state index contributed by atoms with van der Waals surface area (Å²) < 4.78 is 27.8. The minimum Gasteiger partial charge on any atom is -0.497 e. The van der Waals surface area contributed by atoms with Crippen LogP contribution >= 0.6 is 0 Å². The van der Waals surface area contributed by atoms with E-state index in [-0.39, 0.29) is 5.78 Å². The van der Waals surface area contributed by atoms with Gasteiger partial charge in [0.1, 0.15) is 39.9 Å². The number of esters is 1. The van der Waals surface area contributed by atoms with E-state index in [1.165, 1.54) is 20.3 Å². The van der Waals surface area contributed by atoms with Crippen molar-refractivity contribution in [3.63, 3.8) is 0 Å². The number of hydrogen-bond donors (Lipinski definition) is 0. The zero-order valence-electron chi connectivity index (χ0n) is 22.2. The molecule has 5 aromatic rings. The molecule has 7 heteroatoms. The van der Waals surface area contributed by atoms with E-state index < -0.39 is 5.97 Å². The number of ether oxygens (including phenoxy) is 4. The molecule has 0 spiro atoms. The second kappa shape index (κ2) is 11.6. The van der Waals surface area contributed by atoms with Crippen LogP contribution in [0.2, 0.25) is 0 Å². The normalized spacial score (nSPS) is 11.0. The molecule has 0 saturated carbocycles. The highest BCUT2D eigenvalue weighted by atomic mass is 16.5. The van der Waals surface area contributed by atoms with Gasteiger partial charge in [-0.3, -0.25) is 4.79 Å². The Balaban J connectivity index is 1.43. The van der Waals surface area contributed by atoms with Crippen LogP contribution in [0.25, 0.3) is 28.4 Å². The summed E-state index contributed by atoms with van der Waals surface area (Å²) in [7, 11) is 4.60. The van der Waals surface area contributed by atoms with Gasteiger partial charge in [0.15, 0.2) is 5.78 Å². The van der Waals surface area contributed by atoms with E-state index in [0.717, 1.165) is 5.56 Å². The van der Waals surface area contributed by atoms with Gasteiger partial charge in [-0.05, 0) is 60.2 Å². The molecule has 0 radical (unpaired) electrons. The summed E-state index contributed by atoms with van der Waals surface area (Å²) in [6.07, 6.45) is 3.08. The summed E-state index contributed by atoms with van der Waals surface area (Å²) >= 11 is 0. The highest BCUT2D eigenvalue weighted by Gasteiger charge is 2.24. The monoisotopic (exact) mass is 534 g/mol. The number of carbonyl (C=O) groups excluding carboxylic acids is 2. The van der Waals surface area contributed by atoms with Gasteiger partial charge in [-0.15, -0.1) is 0 Å². The average Bonchev–Trinajstić information content (AvgIpc) is 3.39. The van der Waals surface area contributed by atoms with Crippen LogP contribution < -0.4 is 18.9 Å². The lowest BCUT2D eigenvalue weighted by Crippen LogP contribution is -2.09. The molecular weight excluding hydrogens is 508 g/mol. The maximum absolute atomic E-state index is 13.6. The number of rotatable bonds is 9. The van der Waals surface area contributed by atoms with Crippen molar-refractivity contribution in [3.05, 3.63) is 114 Å². The number of ketones is 1. The molecule has 0 atom stereocenters. The van der Waals surface area contributed by atoms with Gasteiger partial charge in [-0.1, -0.05) is 48.5 Å². The van der Waals surface area contributed by atoms with E-state index in [1.54, 1.807) is 73.8 Å². The Hall–Kier alpha value is -5.30. The maximum Gasteiger partial charge on any atom is 0.348 e. The van der Waals surface area contributed by atoms with Crippen LogP contribution in [0.1, 0.15) is 26.3 Å². The van der Waals surface area contributed by atoms with Crippen LogP contribution in [0.15, 0.2) is 101 Å². The van der Waals surface area contributed by atoms with Crippen LogP contribution in [0.3, 0.4) is 0 Å². The summed E-state index contributed by atoms with van der Waals surface area (Å²) in [6, 6.07) is 26.6. The molecule has 1 heterocycles. The quantitative estimate of drug-likeness (QED) is 0.0853. The lowest BCUT2D eigenvalue weighted by Gasteiger charge is -2.08. The highest BCUT2D eigenvalue weighted by Crippen LogP contribution is 2.36. The molecule has 0 unspecified atom stereocenters. The average molecular weight is 535 g/mol.